The molecule has 5 nitrogen and oxygen atoms in total. The number of rotatable bonds is 6. The van der Waals surface area contributed by atoms with Crippen LogP contribution < -0.4 is 10.6 Å². The van der Waals surface area contributed by atoms with Crippen LogP contribution in [0.15, 0.2) is 35.7 Å². The maximum absolute atomic E-state index is 12.0. The molecule has 1 aromatic carbocycles. The van der Waals surface area contributed by atoms with Crippen molar-refractivity contribution in [2.24, 2.45) is 0 Å². The van der Waals surface area contributed by atoms with E-state index in [1.54, 1.807) is 0 Å². The molecule has 116 valence electrons. The molecular weight excluding hydrogens is 298 g/mol. The van der Waals surface area contributed by atoms with Gasteiger partial charge in [0.05, 0.1) is 18.2 Å². The number of thiazole rings is 1. The van der Waals surface area contributed by atoms with Crippen molar-refractivity contribution in [3.63, 3.8) is 0 Å². The van der Waals surface area contributed by atoms with E-state index in [4.69, 9.17) is 4.74 Å². The fourth-order valence-electron chi connectivity index (χ4n) is 2.37. The normalized spacial score (nSPS) is 17.4. The summed E-state index contributed by atoms with van der Waals surface area (Å²) in [5, 5.41) is 8.91. The van der Waals surface area contributed by atoms with E-state index < -0.39 is 0 Å². The summed E-state index contributed by atoms with van der Waals surface area (Å²) in [6, 6.07) is 9.44. The molecule has 22 heavy (non-hydrogen) atoms. The van der Waals surface area contributed by atoms with E-state index in [-0.39, 0.29) is 18.4 Å². The molecule has 0 saturated carbocycles. The molecule has 1 atom stereocenters. The zero-order valence-corrected chi connectivity index (χ0v) is 13.1. The van der Waals surface area contributed by atoms with Crippen LogP contribution in [0.4, 0.5) is 10.8 Å². The third kappa shape index (κ3) is 4.29. The number of carbonyl (C=O) groups is 1. The number of hydrogen-bond donors (Lipinski definition) is 2. The van der Waals surface area contributed by atoms with Crippen LogP contribution in [-0.2, 0) is 16.0 Å². The minimum atomic E-state index is -0.0535. The van der Waals surface area contributed by atoms with Gasteiger partial charge < -0.3 is 15.4 Å². The first-order valence-electron chi connectivity index (χ1n) is 7.44. The number of nitrogens with zero attached hydrogens (tertiary/aromatic N) is 1. The Balaban J connectivity index is 1.47. The van der Waals surface area contributed by atoms with E-state index in [1.165, 1.54) is 11.3 Å². The molecule has 0 spiro atoms. The fraction of sp³-hybridized carbons (Fsp3) is 0.375. The summed E-state index contributed by atoms with van der Waals surface area (Å²) in [5.74, 6) is -0.0535. The van der Waals surface area contributed by atoms with Crippen LogP contribution in [0, 0.1) is 0 Å². The molecule has 0 bridgehead atoms. The number of para-hydroxylation sites is 1. The Morgan fingerprint density at radius 3 is 3.00 bits per heavy atom. The average Bonchev–Trinajstić information content (AvgIpc) is 3.17. The second-order valence-electron chi connectivity index (χ2n) is 5.25. The summed E-state index contributed by atoms with van der Waals surface area (Å²) in [4.78, 5) is 16.4. The first kappa shape index (κ1) is 15.0. The number of hydrogen-bond acceptors (Lipinski definition) is 5. The van der Waals surface area contributed by atoms with Crippen LogP contribution in [-0.4, -0.2) is 30.1 Å². The zero-order valence-electron chi connectivity index (χ0n) is 12.2. The second-order valence-corrected chi connectivity index (χ2v) is 6.11. The van der Waals surface area contributed by atoms with Gasteiger partial charge in [-0.1, -0.05) is 18.2 Å². The molecule has 0 aliphatic carbocycles. The molecule has 1 aliphatic heterocycles. The Morgan fingerprint density at radius 1 is 1.36 bits per heavy atom. The van der Waals surface area contributed by atoms with E-state index in [0.29, 0.717) is 0 Å². The number of amides is 1. The first-order valence-corrected chi connectivity index (χ1v) is 8.32. The van der Waals surface area contributed by atoms with Crippen molar-refractivity contribution in [1.82, 2.24) is 4.98 Å². The van der Waals surface area contributed by atoms with Gasteiger partial charge in [-0.2, -0.15) is 0 Å². The van der Waals surface area contributed by atoms with Gasteiger partial charge in [0.15, 0.2) is 5.13 Å². The van der Waals surface area contributed by atoms with Crippen LogP contribution in [0.25, 0.3) is 0 Å². The molecule has 2 heterocycles. The number of anilines is 2. The summed E-state index contributed by atoms with van der Waals surface area (Å²) in [7, 11) is 0. The number of ether oxygens (including phenoxy) is 1. The first-order chi connectivity index (χ1) is 10.8. The van der Waals surface area contributed by atoms with Gasteiger partial charge in [-0.05, 0) is 25.0 Å². The minimum Gasteiger partial charge on any atom is -0.376 e. The van der Waals surface area contributed by atoms with Crippen molar-refractivity contribution >= 4 is 28.1 Å². The zero-order chi connectivity index (χ0) is 15.2. The highest BCUT2D eigenvalue weighted by Crippen LogP contribution is 2.18. The molecule has 6 heteroatoms. The highest BCUT2D eigenvalue weighted by molar-refractivity contribution is 7.13. The van der Waals surface area contributed by atoms with Crippen molar-refractivity contribution in [2.45, 2.75) is 25.4 Å². The fourth-order valence-corrected chi connectivity index (χ4v) is 3.09. The predicted molar refractivity (Wildman–Crippen MR) is 88.4 cm³/mol. The minimum absolute atomic E-state index is 0.0535. The molecule has 1 saturated heterocycles. The summed E-state index contributed by atoms with van der Waals surface area (Å²) in [6.07, 6.45) is 2.81. The van der Waals surface area contributed by atoms with Gasteiger partial charge in [0, 0.05) is 24.2 Å². The lowest BCUT2D eigenvalue weighted by molar-refractivity contribution is -0.115. The summed E-state index contributed by atoms with van der Waals surface area (Å²) < 4.78 is 5.56. The highest BCUT2D eigenvalue weighted by Gasteiger charge is 2.15. The Morgan fingerprint density at radius 2 is 2.23 bits per heavy atom. The molecule has 1 amide bonds. The third-order valence-corrected chi connectivity index (χ3v) is 4.30. The summed E-state index contributed by atoms with van der Waals surface area (Å²) in [5.41, 5.74) is 1.59. The molecule has 0 radical (unpaired) electrons. The van der Waals surface area contributed by atoms with Crippen LogP contribution in [0.5, 0.6) is 0 Å². The largest absolute Gasteiger partial charge is 0.376 e. The monoisotopic (exact) mass is 317 g/mol. The van der Waals surface area contributed by atoms with Gasteiger partial charge in [0.25, 0.3) is 0 Å². The smallest absolute Gasteiger partial charge is 0.230 e. The van der Waals surface area contributed by atoms with E-state index in [9.17, 15) is 4.79 Å². The lowest BCUT2D eigenvalue weighted by atomic mass is 10.2. The molecule has 3 rings (SSSR count). The molecule has 2 N–H and O–H groups in total. The Labute approximate surface area is 133 Å². The summed E-state index contributed by atoms with van der Waals surface area (Å²) in [6.45, 7) is 1.64. The van der Waals surface area contributed by atoms with Crippen molar-refractivity contribution in [2.75, 3.05) is 23.8 Å². The number of nitrogens with one attached hydrogen (secondary N) is 2. The molecule has 1 aliphatic rings. The van der Waals surface area contributed by atoms with Crippen LogP contribution in [0.3, 0.4) is 0 Å². The van der Waals surface area contributed by atoms with Crippen LogP contribution >= 0.6 is 11.3 Å². The van der Waals surface area contributed by atoms with Crippen molar-refractivity contribution in [3.8, 4) is 0 Å². The highest BCUT2D eigenvalue weighted by atomic mass is 32.1. The maximum Gasteiger partial charge on any atom is 0.230 e. The number of benzene rings is 1. The van der Waals surface area contributed by atoms with E-state index in [2.05, 4.69) is 15.6 Å². The molecule has 2 aromatic rings. The average molecular weight is 317 g/mol. The van der Waals surface area contributed by atoms with E-state index in [1.807, 2.05) is 35.7 Å². The summed E-state index contributed by atoms with van der Waals surface area (Å²) >= 11 is 1.52. The quantitative estimate of drug-likeness (QED) is 0.860. The van der Waals surface area contributed by atoms with Crippen molar-refractivity contribution in [3.05, 3.63) is 41.4 Å². The van der Waals surface area contributed by atoms with E-state index >= 15 is 0 Å². The SMILES string of the molecule is O=C(Cc1csc(NCC2CCCO2)n1)Nc1ccccc1. The lowest BCUT2D eigenvalue weighted by Gasteiger charge is -2.09. The molecule has 1 fully saturated rings. The standard InChI is InChI=1S/C16H19N3O2S/c20-15(18-12-5-2-1-3-6-12)9-13-11-22-16(19-13)17-10-14-7-4-8-21-14/h1-3,5-6,11,14H,4,7-10H2,(H,17,19)(H,18,20). The second kappa shape index (κ2) is 7.38. The van der Waals surface area contributed by atoms with E-state index in [0.717, 1.165) is 42.5 Å². The molecular formula is C16H19N3O2S. The van der Waals surface area contributed by atoms with Crippen molar-refractivity contribution in [1.29, 1.82) is 0 Å². The Bertz CT molecular complexity index is 609. The van der Waals surface area contributed by atoms with Crippen LogP contribution in [0.1, 0.15) is 18.5 Å². The van der Waals surface area contributed by atoms with Gasteiger partial charge in [-0.3, -0.25) is 4.79 Å². The van der Waals surface area contributed by atoms with Gasteiger partial charge >= 0.3 is 0 Å². The van der Waals surface area contributed by atoms with Gasteiger partial charge in [0.2, 0.25) is 5.91 Å². The molecule has 1 aromatic heterocycles. The molecule has 1 unspecified atom stereocenters. The number of carbonyl (C=O) groups excluding carboxylic acids is 1. The maximum atomic E-state index is 12.0. The lowest BCUT2D eigenvalue weighted by Crippen LogP contribution is -2.18. The predicted octanol–water partition coefficient (Wildman–Crippen LogP) is 2.92. The Kier molecular flexibility index (Phi) is 5.03. The third-order valence-electron chi connectivity index (χ3n) is 3.46. The Hall–Kier alpha value is -1.92. The number of aromatic nitrogens is 1. The van der Waals surface area contributed by atoms with Gasteiger partial charge in [-0.25, -0.2) is 4.98 Å². The van der Waals surface area contributed by atoms with Gasteiger partial charge in [-0.15, -0.1) is 11.3 Å². The topological polar surface area (TPSA) is 63.2 Å². The van der Waals surface area contributed by atoms with Crippen LogP contribution in [0.2, 0.25) is 0 Å². The van der Waals surface area contributed by atoms with Crippen molar-refractivity contribution < 1.29 is 9.53 Å². The van der Waals surface area contributed by atoms with Gasteiger partial charge in [0.1, 0.15) is 0 Å².